The average molecular weight is 183 g/mol. The Morgan fingerprint density at radius 3 is 2.83 bits per heavy atom. The topological polar surface area (TPSA) is 37.8 Å². The zero-order valence-corrected chi connectivity index (χ0v) is 8.35. The Balaban J connectivity index is 2.72. The number of thioether (sulfide) groups is 1. The maximum Gasteiger partial charge on any atom is 0.223 e. The molecular formula is C8H13N3S. The van der Waals surface area contributed by atoms with E-state index in [1.165, 1.54) is 0 Å². The van der Waals surface area contributed by atoms with Gasteiger partial charge in [-0.25, -0.2) is 9.97 Å². The van der Waals surface area contributed by atoms with Crippen LogP contribution in [0.5, 0.6) is 0 Å². The summed E-state index contributed by atoms with van der Waals surface area (Å²) in [5.74, 6) is 0.705. The lowest BCUT2D eigenvalue weighted by Gasteiger charge is -2.07. The average Bonchev–Trinajstić information content (AvgIpc) is 2.03. The third kappa shape index (κ3) is 2.70. The molecule has 0 fully saturated rings. The van der Waals surface area contributed by atoms with Crippen LogP contribution >= 0.6 is 11.8 Å². The van der Waals surface area contributed by atoms with E-state index in [1.54, 1.807) is 18.0 Å². The van der Waals surface area contributed by atoms with E-state index in [2.05, 4.69) is 29.1 Å². The molecule has 1 N–H and O–H groups in total. The maximum atomic E-state index is 4.27. The molecule has 0 unspecified atom stereocenters. The molecule has 1 aromatic heterocycles. The van der Waals surface area contributed by atoms with Gasteiger partial charge >= 0.3 is 0 Å². The van der Waals surface area contributed by atoms with Gasteiger partial charge in [0, 0.05) is 12.2 Å². The summed E-state index contributed by atoms with van der Waals surface area (Å²) in [5.41, 5.74) is 0. The lowest BCUT2D eigenvalue weighted by molar-refractivity contribution is 0.864. The van der Waals surface area contributed by atoms with E-state index in [0.717, 1.165) is 5.03 Å². The smallest absolute Gasteiger partial charge is 0.223 e. The summed E-state index contributed by atoms with van der Waals surface area (Å²) in [7, 11) is 0. The van der Waals surface area contributed by atoms with E-state index in [4.69, 9.17) is 0 Å². The first kappa shape index (κ1) is 9.32. The molecular weight excluding hydrogens is 170 g/mol. The minimum atomic E-state index is 0.377. The summed E-state index contributed by atoms with van der Waals surface area (Å²) in [6.07, 6.45) is 3.77. The van der Waals surface area contributed by atoms with Crippen molar-refractivity contribution in [3.05, 3.63) is 12.3 Å². The Morgan fingerprint density at radius 1 is 1.50 bits per heavy atom. The van der Waals surface area contributed by atoms with Crippen LogP contribution in [0.2, 0.25) is 0 Å². The third-order valence-corrected chi connectivity index (χ3v) is 1.90. The molecule has 0 radical (unpaired) electrons. The van der Waals surface area contributed by atoms with Crippen molar-refractivity contribution in [3.63, 3.8) is 0 Å². The third-order valence-electron chi connectivity index (χ3n) is 1.26. The zero-order valence-electron chi connectivity index (χ0n) is 7.53. The van der Waals surface area contributed by atoms with E-state index >= 15 is 0 Å². The first-order valence-electron chi connectivity index (χ1n) is 3.86. The fourth-order valence-corrected chi connectivity index (χ4v) is 1.16. The maximum absolute atomic E-state index is 4.27. The summed E-state index contributed by atoms with van der Waals surface area (Å²) in [6.45, 7) is 4.13. The number of hydrogen-bond donors (Lipinski definition) is 1. The lowest BCUT2D eigenvalue weighted by atomic mass is 10.4. The van der Waals surface area contributed by atoms with Crippen LogP contribution < -0.4 is 5.32 Å². The highest BCUT2D eigenvalue weighted by Gasteiger charge is 1.98. The molecule has 1 heterocycles. The van der Waals surface area contributed by atoms with Crippen LogP contribution in [0.3, 0.4) is 0 Å². The van der Waals surface area contributed by atoms with Crippen molar-refractivity contribution >= 4 is 17.7 Å². The Labute approximate surface area is 77.0 Å². The molecule has 0 atom stereocenters. The summed E-state index contributed by atoms with van der Waals surface area (Å²) >= 11 is 1.62. The molecule has 0 aliphatic carbocycles. The predicted molar refractivity (Wildman–Crippen MR) is 52.6 cm³/mol. The molecule has 1 aromatic rings. The van der Waals surface area contributed by atoms with Crippen molar-refractivity contribution in [3.8, 4) is 0 Å². The minimum absolute atomic E-state index is 0.377. The monoisotopic (exact) mass is 183 g/mol. The molecule has 0 aromatic carbocycles. The van der Waals surface area contributed by atoms with Crippen LogP contribution in [-0.4, -0.2) is 22.3 Å². The Kier molecular flexibility index (Phi) is 3.34. The second-order valence-corrected chi connectivity index (χ2v) is 3.55. The van der Waals surface area contributed by atoms with Crippen LogP contribution in [0.25, 0.3) is 0 Å². The van der Waals surface area contributed by atoms with Gasteiger partial charge in [-0.05, 0) is 26.2 Å². The van der Waals surface area contributed by atoms with E-state index in [1.807, 2.05) is 12.3 Å². The van der Waals surface area contributed by atoms with Gasteiger partial charge in [-0.2, -0.15) is 0 Å². The largest absolute Gasteiger partial charge is 0.352 e. The Bertz CT molecular complexity index is 250. The fraction of sp³-hybridized carbons (Fsp3) is 0.500. The molecule has 0 spiro atoms. The van der Waals surface area contributed by atoms with E-state index in [9.17, 15) is 0 Å². The summed E-state index contributed by atoms with van der Waals surface area (Å²) in [6, 6.07) is 2.28. The van der Waals surface area contributed by atoms with E-state index in [-0.39, 0.29) is 0 Å². The van der Waals surface area contributed by atoms with Crippen molar-refractivity contribution < 1.29 is 0 Å². The first-order valence-corrected chi connectivity index (χ1v) is 5.08. The van der Waals surface area contributed by atoms with Crippen LogP contribution in [0.4, 0.5) is 5.95 Å². The molecule has 0 amide bonds. The van der Waals surface area contributed by atoms with Crippen LogP contribution in [0.1, 0.15) is 13.8 Å². The highest BCUT2D eigenvalue weighted by molar-refractivity contribution is 7.98. The summed E-state index contributed by atoms with van der Waals surface area (Å²) in [4.78, 5) is 8.36. The second kappa shape index (κ2) is 4.30. The number of nitrogens with zero attached hydrogens (tertiary/aromatic N) is 2. The highest BCUT2D eigenvalue weighted by atomic mass is 32.2. The van der Waals surface area contributed by atoms with Gasteiger partial charge < -0.3 is 5.32 Å². The van der Waals surface area contributed by atoms with Gasteiger partial charge in [0.15, 0.2) is 0 Å². The molecule has 0 saturated heterocycles. The summed E-state index contributed by atoms with van der Waals surface area (Å²) in [5, 5.41) is 4.14. The molecule has 0 bridgehead atoms. The molecule has 0 aliphatic rings. The molecule has 0 aliphatic heterocycles. The van der Waals surface area contributed by atoms with Crippen molar-refractivity contribution in [2.75, 3.05) is 11.6 Å². The molecule has 12 heavy (non-hydrogen) atoms. The van der Waals surface area contributed by atoms with Crippen molar-refractivity contribution in [2.24, 2.45) is 0 Å². The van der Waals surface area contributed by atoms with Crippen LogP contribution in [0, 0.1) is 0 Å². The number of aromatic nitrogens is 2. The zero-order chi connectivity index (χ0) is 8.97. The molecule has 0 saturated carbocycles. The van der Waals surface area contributed by atoms with Crippen molar-refractivity contribution in [1.82, 2.24) is 9.97 Å². The van der Waals surface area contributed by atoms with Gasteiger partial charge in [0.1, 0.15) is 5.03 Å². The molecule has 4 heteroatoms. The van der Waals surface area contributed by atoms with Crippen molar-refractivity contribution in [1.29, 1.82) is 0 Å². The standard InChI is InChI=1S/C8H13N3S/c1-6(2)10-8-9-5-4-7(11-8)12-3/h4-6H,1-3H3,(H,9,10,11). The lowest BCUT2D eigenvalue weighted by Crippen LogP contribution is -2.12. The van der Waals surface area contributed by atoms with Gasteiger partial charge in [-0.3, -0.25) is 0 Å². The first-order chi connectivity index (χ1) is 5.72. The predicted octanol–water partition coefficient (Wildman–Crippen LogP) is 2.02. The number of nitrogens with one attached hydrogen (secondary N) is 1. The number of anilines is 1. The quantitative estimate of drug-likeness (QED) is 0.574. The highest BCUT2D eigenvalue weighted by Crippen LogP contribution is 2.11. The second-order valence-electron chi connectivity index (χ2n) is 2.72. The normalized spacial score (nSPS) is 10.3. The van der Waals surface area contributed by atoms with Gasteiger partial charge in [0.05, 0.1) is 0 Å². The SMILES string of the molecule is CSc1ccnc(NC(C)C)n1. The fourth-order valence-electron chi connectivity index (χ4n) is 0.784. The molecule has 1 rings (SSSR count). The molecule has 3 nitrogen and oxygen atoms in total. The van der Waals surface area contributed by atoms with E-state index in [0.29, 0.717) is 12.0 Å². The Hall–Kier alpha value is -0.770. The van der Waals surface area contributed by atoms with Gasteiger partial charge in [-0.15, -0.1) is 11.8 Å². The van der Waals surface area contributed by atoms with Crippen LogP contribution in [-0.2, 0) is 0 Å². The summed E-state index contributed by atoms with van der Waals surface area (Å²) < 4.78 is 0. The number of rotatable bonds is 3. The Morgan fingerprint density at radius 2 is 2.25 bits per heavy atom. The minimum Gasteiger partial charge on any atom is -0.352 e. The van der Waals surface area contributed by atoms with Crippen molar-refractivity contribution in [2.45, 2.75) is 24.9 Å². The number of hydrogen-bond acceptors (Lipinski definition) is 4. The van der Waals surface area contributed by atoms with E-state index < -0.39 is 0 Å². The molecule has 66 valence electrons. The van der Waals surface area contributed by atoms with Gasteiger partial charge in [0.2, 0.25) is 5.95 Å². The van der Waals surface area contributed by atoms with Gasteiger partial charge in [0.25, 0.3) is 0 Å². The van der Waals surface area contributed by atoms with Gasteiger partial charge in [-0.1, -0.05) is 0 Å². The van der Waals surface area contributed by atoms with Crippen LogP contribution in [0.15, 0.2) is 17.3 Å².